The highest BCUT2D eigenvalue weighted by molar-refractivity contribution is 5.94. The highest BCUT2D eigenvalue weighted by Gasteiger charge is 2.31. The van der Waals surface area contributed by atoms with E-state index < -0.39 is 0 Å². The maximum absolute atomic E-state index is 12.3. The van der Waals surface area contributed by atoms with E-state index in [1.807, 2.05) is 0 Å². The van der Waals surface area contributed by atoms with Crippen molar-refractivity contribution < 1.29 is 4.79 Å². The van der Waals surface area contributed by atoms with Crippen molar-refractivity contribution in [2.24, 2.45) is 5.73 Å². The van der Waals surface area contributed by atoms with Crippen molar-refractivity contribution >= 4 is 5.78 Å². The molecule has 0 bridgehead atoms. The first-order chi connectivity index (χ1) is 8.64. The Morgan fingerprint density at radius 2 is 2.17 bits per heavy atom. The van der Waals surface area contributed by atoms with E-state index in [1.54, 1.807) is 10.9 Å². The first-order valence-electron chi connectivity index (χ1n) is 6.85. The molecule has 1 aliphatic rings. The molecule has 2 N–H and O–H groups in total. The predicted molar refractivity (Wildman–Crippen MR) is 69.3 cm³/mol. The maximum atomic E-state index is 12.3. The number of nitrogens with zero attached hydrogens (tertiary/aromatic N) is 3. The molecule has 0 saturated heterocycles. The second kappa shape index (κ2) is 5.61. The van der Waals surface area contributed by atoms with Crippen LogP contribution in [0.15, 0.2) is 6.20 Å². The van der Waals surface area contributed by atoms with Crippen molar-refractivity contribution in [3.63, 3.8) is 0 Å². The van der Waals surface area contributed by atoms with Crippen LogP contribution in [-0.4, -0.2) is 26.3 Å². The summed E-state index contributed by atoms with van der Waals surface area (Å²) in [5, 5.41) is 7.78. The van der Waals surface area contributed by atoms with Gasteiger partial charge in [0.15, 0.2) is 5.78 Å². The normalized spacial score (nSPS) is 18.8. The lowest BCUT2D eigenvalue weighted by molar-refractivity contribution is 0.0923. The molecular formula is C13H22N4O. The van der Waals surface area contributed by atoms with Crippen LogP contribution in [0.1, 0.15) is 62.4 Å². The molecule has 0 unspecified atom stereocenters. The van der Waals surface area contributed by atoms with Crippen molar-refractivity contribution in [2.45, 2.75) is 64.0 Å². The molecule has 1 saturated carbocycles. The van der Waals surface area contributed by atoms with Crippen molar-refractivity contribution in [3.05, 3.63) is 11.9 Å². The van der Waals surface area contributed by atoms with Gasteiger partial charge in [0.05, 0.1) is 6.20 Å². The van der Waals surface area contributed by atoms with Gasteiger partial charge >= 0.3 is 0 Å². The Kier molecular flexibility index (Phi) is 4.11. The summed E-state index contributed by atoms with van der Waals surface area (Å²) in [6.45, 7) is 2.79. The van der Waals surface area contributed by atoms with Crippen LogP contribution in [-0.2, 0) is 6.54 Å². The summed E-state index contributed by atoms with van der Waals surface area (Å²) >= 11 is 0. The number of ketones is 1. The fraction of sp³-hybridized carbons (Fsp3) is 0.769. The Hall–Kier alpha value is -1.23. The summed E-state index contributed by atoms with van der Waals surface area (Å²) < 4.78 is 1.69. The van der Waals surface area contributed by atoms with Gasteiger partial charge in [0.1, 0.15) is 5.69 Å². The van der Waals surface area contributed by atoms with Crippen LogP contribution in [0.25, 0.3) is 0 Å². The largest absolute Gasteiger partial charge is 0.325 e. The molecule has 0 amide bonds. The summed E-state index contributed by atoms with van der Waals surface area (Å²) in [5.41, 5.74) is 6.61. The van der Waals surface area contributed by atoms with E-state index in [4.69, 9.17) is 5.73 Å². The van der Waals surface area contributed by atoms with E-state index in [0.717, 1.165) is 38.6 Å². The molecule has 0 radical (unpaired) electrons. The van der Waals surface area contributed by atoms with Gasteiger partial charge in [0.25, 0.3) is 0 Å². The van der Waals surface area contributed by atoms with Gasteiger partial charge in [-0.2, -0.15) is 0 Å². The number of nitrogens with two attached hydrogens (primary N) is 1. The van der Waals surface area contributed by atoms with E-state index in [9.17, 15) is 4.79 Å². The Morgan fingerprint density at radius 3 is 2.83 bits per heavy atom. The third-order valence-electron chi connectivity index (χ3n) is 3.70. The first-order valence-corrected chi connectivity index (χ1v) is 6.85. The zero-order valence-corrected chi connectivity index (χ0v) is 11.1. The lowest BCUT2D eigenvalue weighted by atomic mass is 9.79. The Labute approximate surface area is 108 Å². The number of hydrogen-bond acceptors (Lipinski definition) is 4. The molecule has 0 aromatic carbocycles. The summed E-state index contributed by atoms with van der Waals surface area (Å²) in [5.74, 6) is 0.0813. The molecule has 1 aromatic rings. The molecule has 1 fully saturated rings. The quantitative estimate of drug-likeness (QED) is 0.810. The molecule has 2 rings (SSSR count). The van der Waals surface area contributed by atoms with Crippen LogP contribution < -0.4 is 5.73 Å². The van der Waals surface area contributed by atoms with Gasteiger partial charge in [0, 0.05) is 18.5 Å². The topological polar surface area (TPSA) is 73.8 Å². The predicted octanol–water partition coefficient (Wildman–Crippen LogP) is 1.92. The van der Waals surface area contributed by atoms with Gasteiger partial charge in [-0.3, -0.25) is 4.79 Å². The minimum atomic E-state index is -0.309. The molecule has 100 valence electrons. The van der Waals surface area contributed by atoms with Crippen molar-refractivity contribution in [1.29, 1.82) is 0 Å². The van der Waals surface area contributed by atoms with Crippen molar-refractivity contribution in [3.8, 4) is 0 Å². The van der Waals surface area contributed by atoms with E-state index in [0.29, 0.717) is 12.1 Å². The monoisotopic (exact) mass is 250 g/mol. The molecule has 0 aliphatic heterocycles. The molecule has 0 spiro atoms. The Bertz CT molecular complexity index is 407. The highest BCUT2D eigenvalue weighted by Crippen LogP contribution is 2.29. The lowest BCUT2D eigenvalue weighted by Gasteiger charge is -2.32. The van der Waals surface area contributed by atoms with Crippen molar-refractivity contribution in [1.82, 2.24) is 15.0 Å². The van der Waals surface area contributed by atoms with Crippen LogP contribution in [0, 0.1) is 0 Å². The molecule has 18 heavy (non-hydrogen) atoms. The molecular weight excluding hydrogens is 228 g/mol. The number of carbonyl (C=O) groups is 1. The molecule has 1 heterocycles. The Morgan fingerprint density at radius 1 is 1.44 bits per heavy atom. The van der Waals surface area contributed by atoms with E-state index in [2.05, 4.69) is 17.2 Å². The second-order valence-corrected chi connectivity index (χ2v) is 5.37. The van der Waals surface area contributed by atoms with E-state index >= 15 is 0 Å². The minimum Gasteiger partial charge on any atom is -0.325 e. The van der Waals surface area contributed by atoms with Crippen LogP contribution >= 0.6 is 0 Å². The average Bonchev–Trinajstić information content (AvgIpc) is 2.78. The third-order valence-corrected chi connectivity index (χ3v) is 3.70. The summed E-state index contributed by atoms with van der Waals surface area (Å²) in [4.78, 5) is 12.3. The number of aromatic nitrogens is 3. The summed E-state index contributed by atoms with van der Waals surface area (Å²) in [7, 11) is 0. The fourth-order valence-corrected chi connectivity index (χ4v) is 2.69. The molecule has 5 nitrogen and oxygen atoms in total. The van der Waals surface area contributed by atoms with Crippen LogP contribution in [0.2, 0.25) is 0 Å². The maximum Gasteiger partial charge on any atom is 0.184 e. The standard InChI is InChI=1S/C13H22N4O/c1-2-8-17-11(10-15-16-17)12(18)9-13(14)6-4-3-5-7-13/h10H,2-9,14H2,1H3. The third kappa shape index (κ3) is 2.96. The van der Waals surface area contributed by atoms with Crippen LogP contribution in [0.5, 0.6) is 0 Å². The second-order valence-electron chi connectivity index (χ2n) is 5.37. The molecule has 1 aliphatic carbocycles. The van der Waals surface area contributed by atoms with Gasteiger partial charge in [-0.05, 0) is 19.3 Å². The highest BCUT2D eigenvalue weighted by atomic mass is 16.1. The van der Waals surface area contributed by atoms with Crippen molar-refractivity contribution in [2.75, 3.05) is 0 Å². The number of hydrogen-bond donors (Lipinski definition) is 1. The zero-order chi connectivity index (χ0) is 13.0. The van der Waals surface area contributed by atoms with Gasteiger partial charge < -0.3 is 5.73 Å². The first kappa shape index (κ1) is 13.2. The average molecular weight is 250 g/mol. The fourth-order valence-electron chi connectivity index (χ4n) is 2.69. The van der Waals surface area contributed by atoms with Gasteiger partial charge in [0.2, 0.25) is 0 Å². The van der Waals surface area contributed by atoms with Gasteiger partial charge in [-0.15, -0.1) is 5.10 Å². The van der Waals surface area contributed by atoms with Crippen LogP contribution in [0.4, 0.5) is 0 Å². The SMILES string of the molecule is CCCn1nncc1C(=O)CC1(N)CCCCC1. The number of rotatable bonds is 5. The summed E-state index contributed by atoms with van der Waals surface area (Å²) in [6.07, 6.45) is 8.34. The van der Waals surface area contributed by atoms with Gasteiger partial charge in [-0.25, -0.2) is 4.68 Å². The van der Waals surface area contributed by atoms with Crippen LogP contribution in [0.3, 0.4) is 0 Å². The number of carbonyl (C=O) groups excluding carboxylic acids is 1. The molecule has 5 heteroatoms. The summed E-state index contributed by atoms with van der Waals surface area (Å²) in [6, 6.07) is 0. The smallest absolute Gasteiger partial charge is 0.184 e. The zero-order valence-electron chi connectivity index (χ0n) is 11.1. The molecule has 1 aromatic heterocycles. The Balaban J connectivity index is 2.04. The number of Topliss-reactive ketones (excluding diaryl/α,β-unsaturated/α-hetero) is 1. The van der Waals surface area contributed by atoms with E-state index in [-0.39, 0.29) is 11.3 Å². The van der Waals surface area contributed by atoms with E-state index in [1.165, 1.54) is 6.42 Å². The molecule has 0 atom stereocenters. The lowest BCUT2D eigenvalue weighted by Crippen LogP contribution is -2.43. The minimum absolute atomic E-state index is 0.0813. The van der Waals surface area contributed by atoms with Gasteiger partial charge in [-0.1, -0.05) is 31.4 Å². The number of aryl methyl sites for hydroxylation is 1.